The third-order valence-electron chi connectivity index (χ3n) is 3.35. The SMILES string of the molecule is Cc1ccc(NCc2cn(CCO)nn2)c2cccnc12. The molecule has 0 aliphatic heterocycles. The van der Waals surface area contributed by atoms with Gasteiger partial charge in [-0.15, -0.1) is 5.10 Å². The average molecular weight is 283 g/mol. The summed E-state index contributed by atoms with van der Waals surface area (Å²) in [5.74, 6) is 0. The molecule has 0 atom stereocenters. The minimum atomic E-state index is 0.0600. The van der Waals surface area contributed by atoms with Gasteiger partial charge in [0.1, 0.15) is 5.69 Å². The molecule has 0 spiro atoms. The van der Waals surface area contributed by atoms with Crippen molar-refractivity contribution in [3.05, 3.63) is 47.9 Å². The number of aliphatic hydroxyl groups is 1. The van der Waals surface area contributed by atoms with Gasteiger partial charge in [-0.05, 0) is 30.7 Å². The number of benzene rings is 1. The first-order valence-corrected chi connectivity index (χ1v) is 6.86. The number of hydrogen-bond acceptors (Lipinski definition) is 5. The molecule has 0 unspecified atom stereocenters. The molecule has 108 valence electrons. The van der Waals surface area contributed by atoms with Crippen molar-refractivity contribution in [3.63, 3.8) is 0 Å². The molecule has 0 bridgehead atoms. The van der Waals surface area contributed by atoms with E-state index >= 15 is 0 Å². The number of fused-ring (bicyclic) bond motifs is 1. The molecule has 0 fully saturated rings. The zero-order chi connectivity index (χ0) is 14.7. The Balaban J connectivity index is 1.80. The molecular formula is C15H17N5O. The summed E-state index contributed by atoms with van der Waals surface area (Å²) in [6.07, 6.45) is 3.64. The van der Waals surface area contributed by atoms with Gasteiger partial charge >= 0.3 is 0 Å². The maximum Gasteiger partial charge on any atom is 0.102 e. The van der Waals surface area contributed by atoms with Crippen molar-refractivity contribution in [1.82, 2.24) is 20.0 Å². The lowest BCUT2D eigenvalue weighted by molar-refractivity contribution is 0.268. The quantitative estimate of drug-likeness (QED) is 0.746. The molecular weight excluding hydrogens is 266 g/mol. The predicted molar refractivity (Wildman–Crippen MR) is 80.9 cm³/mol. The highest BCUT2D eigenvalue weighted by Crippen LogP contribution is 2.24. The molecule has 6 heteroatoms. The molecule has 2 heterocycles. The van der Waals surface area contributed by atoms with Crippen molar-refractivity contribution >= 4 is 16.6 Å². The normalized spacial score (nSPS) is 11.0. The Morgan fingerprint density at radius 2 is 2.19 bits per heavy atom. The van der Waals surface area contributed by atoms with E-state index in [1.165, 1.54) is 0 Å². The molecule has 0 saturated carbocycles. The molecule has 6 nitrogen and oxygen atoms in total. The van der Waals surface area contributed by atoms with Crippen molar-refractivity contribution in [1.29, 1.82) is 0 Å². The molecule has 0 aliphatic rings. The molecule has 2 aromatic heterocycles. The second-order valence-electron chi connectivity index (χ2n) is 4.88. The molecule has 3 aromatic rings. The van der Waals surface area contributed by atoms with Crippen LogP contribution in [0.25, 0.3) is 10.9 Å². The van der Waals surface area contributed by atoms with E-state index in [1.54, 1.807) is 10.9 Å². The van der Waals surface area contributed by atoms with Gasteiger partial charge in [0.15, 0.2) is 0 Å². The van der Waals surface area contributed by atoms with Crippen LogP contribution in [0.4, 0.5) is 5.69 Å². The van der Waals surface area contributed by atoms with Crippen LogP contribution in [0.15, 0.2) is 36.7 Å². The number of aromatic nitrogens is 4. The highest BCUT2D eigenvalue weighted by molar-refractivity contribution is 5.93. The first-order valence-electron chi connectivity index (χ1n) is 6.86. The maximum absolute atomic E-state index is 8.87. The summed E-state index contributed by atoms with van der Waals surface area (Å²) in [6, 6.07) is 8.10. The van der Waals surface area contributed by atoms with Gasteiger partial charge in [0.2, 0.25) is 0 Å². The van der Waals surface area contributed by atoms with Crippen molar-refractivity contribution in [3.8, 4) is 0 Å². The highest BCUT2D eigenvalue weighted by Gasteiger charge is 2.05. The second kappa shape index (κ2) is 5.88. The van der Waals surface area contributed by atoms with Crippen LogP contribution in [0.5, 0.6) is 0 Å². The molecule has 3 rings (SSSR count). The lowest BCUT2D eigenvalue weighted by atomic mass is 10.1. The summed E-state index contributed by atoms with van der Waals surface area (Å²) in [5, 5.41) is 21.4. The fraction of sp³-hybridized carbons (Fsp3) is 0.267. The minimum absolute atomic E-state index is 0.0600. The van der Waals surface area contributed by atoms with Gasteiger partial charge in [0.25, 0.3) is 0 Å². The monoisotopic (exact) mass is 283 g/mol. The van der Waals surface area contributed by atoms with Gasteiger partial charge in [-0.2, -0.15) is 0 Å². The number of pyridine rings is 1. The third kappa shape index (κ3) is 2.85. The lowest BCUT2D eigenvalue weighted by Crippen LogP contribution is -2.02. The number of nitrogens with one attached hydrogen (secondary N) is 1. The van der Waals surface area contributed by atoms with Crippen LogP contribution >= 0.6 is 0 Å². The standard InChI is InChI=1S/C15H17N5O/c1-11-4-5-14(13-3-2-6-16-15(11)13)17-9-12-10-20(7-8-21)19-18-12/h2-6,10,17,21H,7-9H2,1H3. The van der Waals surface area contributed by atoms with E-state index in [9.17, 15) is 0 Å². The van der Waals surface area contributed by atoms with E-state index in [2.05, 4.69) is 45.7 Å². The minimum Gasteiger partial charge on any atom is -0.394 e. The Labute approximate surface area is 122 Å². The van der Waals surface area contributed by atoms with Crippen LogP contribution in [0.2, 0.25) is 0 Å². The van der Waals surface area contributed by atoms with Gasteiger partial charge in [0, 0.05) is 17.3 Å². The number of aliphatic hydroxyl groups excluding tert-OH is 1. The molecule has 2 N–H and O–H groups in total. The third-order valence-corrected chi connectivity index (χ3v) is 3.35. The van der Waals surface area contributed by atoms with Gasteiger partial charge in [-0.3, -0.25) is 4.98 Å². The summed E-state index contributed by atoms with van der Waals surface area (Å²) >= 11 is 0. The highest BCUT2D eigenvalue weighted by atomic mass is 16.3. The molecule has 1 aromatic carbocycles. The van der Waals surface area contributed by atoms with Crippen molar-refractivity contribution < 1.29 is 5.11 Å². The van der Waals surface area contributed by atoms with Gasteiger partial charge in [-0.1, -0.05) is 11.3 Å². The second-order valence-corrected chi connectivity index (χ2v) is 4.88. The van der Waals surface area contributed by atoms with Gasteiger partial charge < -0.3 is 10.4 Å². The average Bonchev–Trinajstić information content (AvgIpc) is 2.95. The van der Waals surface area contributed by atoms with Crippen LogP contribution in [0.1, 0.15) is 11.3 Å². The van der Waals surface area contributed by atoms with Crippen LogP contribution < -0.4 is 5.32 Å². The summed E-state index contributed by atoms with van der Waals surface area (Å²) in [4.78, 5) is 4.42. The summed E-state index contributed by atoms with van der Waals surface area (Å²) < 4.78 is 1.63. The van der Waals surface area contributed by atoms with Crippen LogP contribution in [0.3, 0.4) is 0 Å². The number of anilines is 1. The Morgan fingerprint density at radius 3 is 3.05 bits per heavy atom. The van der Waals surface area contributed by atoms with Gasteiger partial charge in [-0.25, -0.2) is 4.68 Å². The molecule has 0 amide bonds. The van der Waals surface area contributed by atoms with E-state index in [-0.39, 0.29) is 6.61 Å². The number of rotatable bonds is 5. The predicted octanol–water partition coefficient (Wildman–Crippen LogP) is 1.74. The number of nitrogens with zero attached hydrogens (tertiary/aromatic N) is 4. The Kier molecular flexibility index (Phi) is 3.79. The van der Waals surface area contributed by atoms with E-state index in [4.69, 9.17) is 5.11 Å². The van der Waals surface area contributed by atoms with Crippen LogP contribution in [-0.2, 0) is 13.1 Å². The molecule has 0 saturated heterocycles. The Morgan fingerprint density at radius 1 is 1.29 bits per heavy atom. The van der Waals surface area contributed by atoms with Crippen molar-refractivity contribution in [2.75, 3.05) is 11.9 Å². The zero-order valence-corrected chi connectivity index (χ0v) is 11.8. The summed E-state index contributed by atoms with van der Waals surface area (Å²) in [7, 11) is 0. The molecule has 0 radical (unpaired) electrons. The van der Waals surface area contributed by atoms with E-state index in [0.717, 1.165) is 27.8 Å². The Bertz CT molecular complexity index is 753. The van der Waals surface area contributed by atoms with E-state index in [0.29, 0.717) is 13.1 Å². The molecule has 21 heavy (non-hydrogen) atoms. The Hall–Kier alpha value is -2.47. The lowest BCUT2D eigenvalue weighted by Gasteiger charge is -2.09. The van der Waals surface area contributed by atoms with Crippen molar-refractivity contribution in [2.24, 2.45) is 0 Å². The fourth-order valence-electron chi connectivity index (χ4n) is 2.29. The first kappa shape index (κ1) is 13.5. The first-order chi connectivity index (χ1) is 10.3. The van der Waals surface area contributed by atoms with E-state index < -0.39 is 0 Å². The fourth-order valence-corrected chi connectivity index (χ4v) is 2.29. The molecule has 0 aliphatic carbocycles. The van der Waals surface area contributed by atoms with Crippen molar-refractivity contribution in [2.45, 2.75) is 20.0 Å². The van der Waals surface area contributed by atoms with Crippen LogP contribution in [-0.4, -0.2) is 31.7 Å². The smallest absolute Gasteiger partial charge is 0.102 e. The van der Waals surface area contributed by atoms with Crippen LogP contribution in [0, 0.1) is 6.92 Å². The summed E-state index contributed by atoms with van der Waals surface area (Å²) in [5.41, 5.74) is 4.03. The zero-order valence-electron chi connectivity index (χ0n) is 11.8. The van der Waals surface area contributed by atoms with E-state index in [1.807, 2.05) is 12.3 Å². The summed E-state index contributed by atoms with van der Waals surface area (Å²) in [6.45, 7) is 3.16. The topological polar surface area (TPSA) is 75.9 Å². The largest absolute Gasteiger partial charge is 0.394 e. The number of aryl methyl sites for hydroxylation is 1. The number of hydrogen-bond donors (Lipinski definition) is 2. The van der Waals surface area contributed by atoms with Gasteiger partial charge in [0.05, 0.1) is 31.4 Å². The maximum atomic E-state index is 8.87.